The molecule has 1 N–H and O–H groups in total. The Hall–Kier alpha value is -3.16. The van der Waals surface area contributed by atoms with E-state index in [0.29, 0.717) is 36.9 Å². The second kappa shape index (κ2) is 9.62. The van der Waals surface area contributed by atoms with Gasteiger partial charge in [0.05, 0.1) is 17.0 Å². The first-order chi connectivity index (χ1) is 17.3. The third kappa shape index (κ3) is 5.43. The van der Waals surface area contributed by atoms with E-state index in [2.05, 4.69) is 11.1 Å². The summed E-state index contributed by atoms with van der Waals surface area (Å²) >= 11 is 0. The van der Waals surface area contributed by atoms with E-state index in [1.165, 1.54) is 17.0 Å². The van der Waals surface area contributed by atoms with Crippen molar-refractivity contribution in [1.29, 1.82) is 5.26 Å². The van der Waals surface area contributed by atoms with Gasteiger partial charge in [-0.25, -0.2) is 9.78 Å². The predicted molar refractivity (Wildman–Crippen MR) is 136 cm³/mol. The summed E-state index contributed by atoms with van der Waals surface area (Å²) in [6.45, 7) is 9.37. The minimum Gasteiger partial charge on any atom is -0.474 e. The van der Waals surface area contributed by atoms with E-state index in [1.54, 1.807) is 12.1 Å². The molecule has 0 saturated heterocycles. The highest BCUT2D eigenvalue weighted by Gasteiger charge is 2.55. The van der Waals surface area contributed by atoms with Gasteiger partial charge in [-0.15, -0.1) is 0 Å². The van der Waals surface area contributed by atoms with E-state index in [1.807, 2.05) is 34.6 Å². The third-order valence-corrected chi connectivity index (χ3v) is 8.39. The van der Waals surface area contributed by atoms with Gasteiger partial charge in [-0.2, -0.15) is 13.7 Å². The second-order valence-corrected chi connectivity index (χ2v) is 12.7. The monoisotopic (exact) mass is 527 g/mol. The molecule has 1 aromatic carbocycles. The standard InChI is InChI=1S/C27H33N3O6S/c1-17-6-8-20(9-7-17)37(33,34)36-15-19-12-21-18(2)29-24(23(14-28)22(21)13-19)35-16-27(10-11-27)30(25(31)32)26(3,4)5/h6-9,19H,10-13,15-16H2,1-5H3,(H,31,32). The minimum absolute atomic E-state index is 0.00630. The fourth-order valence-corrected chi connectivity index (χ4v) is 6.17. The van der Waals surface area contributed by atoms with Crippen LogP contribution in [0.2, 0.25) is 0 Å². The molecule has 1 atom stereocenters. The molecular weight excluding hydrogens is 494 g/mol. The lowest BCUT2D eigenvalue weighted by Crippen LogP contribution is -2.55. The van der Waals surface area contributed by atoms with Crippen molar-refractivity contribution >= 4 is 16.2 Å². The lowest BCUT2D eigenvalue weighted by molar-refractivity contribution is 0.0390. The number of benzene rings is 1. The number of nitriles is 1. The summed E-state index contributed by atoms with van der Waals surface area (Å²) in [6, 6.07) is 8.70. The number of carboxylic acid groups (broad SMARTS) is 1. The molecule has 1 unspecified atom stereocenters. The number of nitrogens with zero attached hydrogens (tertiary/aromatic N) is 3. The zero-order chi connectivity index (χ0) is 27.2. The van der Waals surface area contributed by atoms with Crippen LogP contribution in [0.3, 0.4) is 0 Å². The highest BCUT2D eigenvalue weighted by molar-refractivity contribution is 7.86. The van der Waals surface area contributed by atoms with Crippen LogP contribution in [0.1, 0.15) is 61.6 Å². The maximum Gasteiger partial charge on any atom is 0.408 e. The Balaban J connectivity index is 1.49. The molecule has 1 amide bonds. The van der Waals surface area contributed by atoms with E-state index in [0.717, 1.165) is 16.7 Å². The molecule has 1 fully saturated rings. The van der Waals surface area contributed by atoms with Crippen molar-refractivity contribution in [1.82, 2.24) is 9.88 Å². The van der Waals surface area contributed by atoms with Gasteiger partial charge in [0.2, 0.25) is 5.88 Å². The SMILES string of the molecule is Cc1ccc(S(=O)(=O)OCC2Cc3c(C)nc(OCC4(N(C(=O)O)C(C)(C)C)CC4)c(C#N)c3C2)cc1. The van der Waals surface area contributed by atoms with Gasteiger partial charge in [0.15, 0.2) is 0 Å². The maximum atomic E-state index is 12.6. The molecule has 1 heterocycles. The number of fused-ring (bicyclic) bond motifs is 1. The van der Waals surface area contributed by atoms with Crippen molar-refractivity contribution < 1.29 is 27.2 Å². The van der Waals surface area contributed by atoms with Crippen LogP contribution < -0.4 is 4.74 Å². The Bertz CT molecular complexity index is 1350. The highest BCUT2D eigenvalue weighted by Crippen LogP contribution is 2.46. The van der Waals surface area contributed by atoms with Crippen molar-refractivity contribution in [2.75, 3.05) is 13.2 Å². The van der Waals surface area contributed by atoms with E-state index in [4.69, 9.17) is 8.92 Å². The lowest BCUT2D eigenvalue weighted by Gasteiger charge is -2.40. The van der Waals surface area contributed by atoms with Gasteiger partial charge >= 0.3 is 6.09 Å². The first-order valence-corrected chi connectivity index (χ1v) is 13.7. The quantitative estimate of drug-likeness (QED) is 0.501. The molecular formula is C27H33N3O6S. The molecule has 1 aromatic heterocycles. The number of hydrogen-bond acceptors (Lipinski definition) is 7. The summed E-state index contributed by atoms with van der Waals surface area (Å²) < 4.78 is 36.7. The van der Waals surface area contributed by atoms with Gasteiger partial charge in [-0.3, -0.25) is 9.08 Å². The average Bonchev–Trinajstić information content (AvgIpc) is 3.43. The molecule has 0 spiro atoms. The molecule has 10 heteroatoms. The van der Waals surface area contributed by atoms with Crippen LogP contribution in [0.5, 0.6) is 5.88 Å². The topological polar surface area (TPSA) is 130 Å². The predicted octanol–water partition coefficient (Wildman–Crippen LogP) is 4.38. The smallest absolute Gasteiger partial charge is 0.408 e. The Morgan fingerprint density at radius 2 is 1.81 bits per heavy atom. The number of pyridine rings is 1. The maximum absolute atomic E-state index is 12.6. The van der Waals surface area contributed by atoms with E-state index < -0.39 is 27.3 Å². The van der Waals surface area contributed by atoms with Crippen molar-refractivity contribution in [2.45, 2.75) is 76.3 Å². The van der Waals surface area contributed by atoms with Gasteiger partial charge < -0.3 is 9.84 Å². The van der Waals surface area contributed by atoms with Crippen LogP contribution in [0, 0.1) is 31.1 Å². The first kappa shape index (κ1) is 26.9. The summed E-state index contributed by atoms with van der Waals surface area (Å²) in [6.07, 6.45) is 1.37. The molecule has 0 radical (unpaired) electrons. The van der Waals surface area contributed by atoms with Gasteiger partial charge in [0.25, 0.3) is 10.1 Å². The zero-order valence-electron chi connectivity index (χ0n) is 21.9. The third-order valence-electron chi connectivity index (χ3n) is 7.09. The fourth-order valence-electron chi connectivity index (χ4n) is 5.20. The number of aryl methyl sites for hydroxylation is 2. The number of rotatable bonds is 8. The molecule has 2 aromatic rings. The first-order valence-electron chi connectivity index (χ1n) is 12.3. The van der Waals surface area contributed by atoms with Crippen LogP contribution in [0.25, 0.3) is 0 Å². The molecule has 0 aliphatic heterocycles. The van der Waals surface area contributed by atoms with Crippen LogP contribution in [0.4, 0.5) is 4.79 Å². The summed E-state index contributed by atoms with van der Waals surface area (Å²) in [4.78, 5) is 18.1. The molecule has 1 saturated carbocycles. The van der Waals surface area contributed by atoms with Crippen LogP contribution in [0.15, 0.2) is 29.2 Å². The molecule has 198 valence electrons. The molecule has 37 heavy (non-hydrogen) atoms. The molecule has 9 nitrogen and oxygen atoms in total. The number of carbonyl (C=O) groups is 1. The van der Waals surface area contributed by atoms with Gasteiger partial charge in [0.1, 0.15) is 18.2 Å². The van der Waals surface area contributed by atoms with Crippen molar-refractivity contribution in [3.05, 3.63) is 52.2 Å². The molecule has 4 rings (SSSR count). The highest BCUT2D eigenvalue weighted by atomic mass is 32.2. The number of hydrogen-bond donors (Lipinski definition) is 1. The fraction of sp³-hybridized carbons (Fsp3) is 0.519. The number of amides is 1. The molecule has 2 aliphatic carbocycles. The number of ether oxygens (including phenoxy) is 1. The Kier molecular flexibility index (Phi) is 6.99. The van der Waals surface area contributed by atoms with Crippen LogP contribution in [-0.2, 0) is 27.1 Å². The van der Waals surface area contributed by atoms with E-state index in [-0.39, 0.29) is 29.9 Å². The molecule has 0 bridgehead atoms. The largest absolute Gasteiger partial charge is 0.474 e. The van der Waals surface area contributed by atoms with Crippen molar-refractivity contribution in [2.24, 2.45) is 5.92 Å². The van der Waals surface area contributed by atoms with Crippen molar-refractivity contribution in [3.63, 3.8) is 0 Å². The van der Waals surface area contributed by atoms with Crippen LogP contribution >= 0.6 is 0 Å². The van der Waals surface area contributed by atoms with Gasteiger partial charge in [-0.05, 0) is 89.5 Å². The van der Waals surface area contributed by atoms with Gasteiger partial charge in [-0.1, -0.05) is 17.7 Å². The summed E-state index contributed by atoms with van der Waals surface area (Å²) in [5.41, 5.74) is 2.44. The normalized spacial score (nSPS) is 18.1. The second-order valence-electron chi connectivity index (χ2n) is 11.1. The van der Waals surface area contributed by atoms with E-state index >= 15 is 0 Å². The summed E-state index contributed by atoms with van der Waals surface area (Å²) in [5.74, 6) is 0.0642. The summed E-state index contributed by atoms with van der Waals surface area (Å²) in [7, 11) is -3.89. The Morgan fingerprint density at radius 3 is 2.35 bits per heavy atom. The van der Waals surface area contributed by atoms with Crippen LogP contribution in [-0.4, -0.2) is 53.8 Å². The average molecular weight is 528 g/mol. The zero-order valence-corrected chi connectivity index (χ0v) is 22.7. The lowest BCUT2D eigenvalue weighted by atomic mass is 10.0. The Morgan fingerprint density at radius 1 is 1.19 bits per heavy atom. The van der Waals surface area contributed by atoms with E-state index in [9.17, 15) is 23.6 Å². The van der Waals surface area contributed by atoms with Gasteiger partial charge in [0, 0.05) is 11.2 Å². The van der Waals surface area contributed by atoms with Crippen molar-refractivity contribution in [3.8, 4) is 11.9 Å². The Labute approximate surface area is 218 Å². The summed E-state index contributed by atoms with van der Waals surface area (Å²) in [5, 5.41) is 19.8. The molecule has 2 aliphatic rings. The minimum atomic E-state index is -3.89. The number of aromatic nitrogens is 1.